The van der Waals surface area contributed by atoms with Crippen LogP contribution in [-0.2, 0) is 38.1 Å². The van der Waals surface area contributed by atoms with Gasteiger partial charge >= 0.3 is 23.9 Å². The summed E-state index contributed by atoms with van der Waals surface area (Å²) in [7, 11) is 2.34. The van der Waals surface area contributed by atoms with Gasteiger partial charge in [-0.15, -0.1) is 0 Å². The first-order valence-electron chi connectivity index (χ1n) is 8.01. The van der Waals surface area contributed by atoms with Crippen LogP contribution in [-0.4, -0.2) is 43.7 Å². The van der Waals surface area contributed by atoms with Gasteiger partial charge in [-0.05, 0) is 5.41 Å². The molecule has 3 rings (SSSR count). The van der Waals surface area contributed by atoms with Crippen molar-refractivity contribution in [2.75, 3.05) is 14.2 Å². The molecule has 2 unspecified atom stereocenters. The summed E-state index contributed by atoms with van der Waals surface area (Å²) in [6, 6.07) is 0. The van der Waals surface area contributed by atoms with E-state index >= 15 is 0 Å². The minimum atomic E-state index is -1.59. The largest absolute Gasteiger partial charge is 0.466 e. The number of fused-ring (bicyclic) bond motifs is 1. The average Bonchev–Trinajstić information content (AvgIpc) is 2.49. The van der Waals surface area contributed by atoms with Crippen molar-refractivity contribution >= 4 is 23.9 Å². The van der Waals surface area contributed by atoms with E-state index in [0.29, 0.717) is 0 Å². The van der Waals surface area contributed by atoms with Gasteiger partial charge in [0.2, 0.25) is 0 Å². The van der Waals surface area contributed by atoms with E-state index in [1.165, 1.54) is 27.0 Å². The average molecular weight is 366 g/mol. The zero-order valence-electron chi connectivity index (χ0n) is 15.6. The SMILES string of the molecule is COC(=O)C1=C(C(=O)OC)C2(OC(C)=O)C=C(OC(C)=O)C1C(C)(C)C2. The minimum Gasteiger partial charge on any atom is -0.466 e. The molecule has 0 spiro atoms. The second kappa shape index (κ2) is 6.59. The highest BCUT2D eigenvalue weighted by atomic mass is 16.6. The fourth-order valence-electron chi connectivity index (χ4n) is 3.94. The second-order valence-electron chi connectivity index (χ2n) is 6.99. The number of carbonyl (C=O) groups excluding carboxylic acids is 4. The molecule has 2 atom stereocenters. The molecule has 3 aliphatic carbocycles. The van der Waals surface area contributed by atoms with E-state index in [1.807, 2.05) is 13.8 Å². The van der Waals surface area contributed by atoms with Crippen molar-refractivity contribution in [2.24, 2.45) is 11.3 Å². The maximum Gasteiger partial charge on any atom is 0.338 e. The Bertz CT molecular complexity index is 742. The molecule has 0 aromatic rings. The summed E-state index contributed by atoms with van der Waals surface area (Å²) in [6.45, 7) is 6.05. The van der Waals surface area contributed by atoms with Gasteiger partial charge < -0.3 is 18.9 Å². The highest BCUT2D eigenvalue weighted by Crippen LogP contribution is 2.58. The molecule has 0 aliphatic heterocycles. The van der Waals surface area contributed by atoms with Crippen LogP contribution >= 0.6 is 0 Å². The zero-order valence-corrected chi connectivity index (χ0v) is 15.6. The smallest absolute Gasteiger partial charge is 0.338 e. The first-order chi connectivity index (χ1) is 12.0. The molecule has 0 aromatic carbocycles. The van der Waals surface area contributed by atoms with Crippen LogP contribution < -0.4 is 0 Å². The third-order valence-corrected chi connectivity index (χ3v) is 4.52. The summed E-state index contributed by atoms with van der Waals surface area (Å²) >= 11 is 0. The van der Waals surface area contributed by atoms with Crippen LogP contribution in [0.3, 0.4) is 0 Å². The molecule has 0 radical (unpaired) electrons. The van der Waals surface area contributed by atoms with Crippen LogP contribution in [0.15, 0.2) is 23.0 Å². The Balaban J connectivity index is 2.84. The Labute approximate surface area is 151 Å². The molecule has 26 heavy (non-hydrogen) atoms. The Morgan fingerprint density at radius 2 is 1.58 bits per heavy atom. The zero-order chi connectivity index (χ0) is 19.9. The summed E-state index contributed by atoms with van der Waals surface area (Å²) in [5.41, 5.74) is -2.40. The van der Waals surface area contributed by atoms with Crippen molar-refractivity contribution in [3.05, 3.63) is 23.0 Å². The number of hydrogen-bond donors (Lipinski definition) is 0. The van der Waals surface area contributed by atoms with Crippen molar-refractivity contribution < 1.29 is 38.1 Å². The van der Waals surface area contributed by atoms with Crippen LogP contribution in [0.1, 0.15) is 34.1 Å². The minimum absolute atomic E-state index is 0.0319. The highest BCUT2D eigenvalue weighted by molar-refractivity contribution is 6.04. The van der Waals surface area contributed by atoms with E-state index in [4.69, 9.17) is 18.9 Å². The summed E-state index contributed by atoms with van der Waals surface area (Å²) in [4.78, 5) is 48.4. The van der Waals surface area contributed by atoms with Crippen LogP contribution in [0.5, 0.6) is 0 Å². The Hall–Kier alpha value is -2.64. The number of hydrogen-bond acceptors (Lipinski definition) is 8. The molecule has 0 fully saturated rings. The van der Waals surface area contributed by atoms with Crippen molar-refractivity contribution in [3.63, 3.8) is 0 Å². The summed E-state index contributed by atoms with van der Waals surface area (Å²) in [5.74, 6) is -3.44. The number of allylic oxidation sites excluding steroid dienone is 1. The lowest BCUT2D eigenvalue weighted by molar-refractivity contribution is -0.160. The van der Waals surface area contributed by atoms with Gasteiger partial charge in [0.1, 0.15) is 5.76 Å². The highest BCUT2D eigenvalue weighted by Gasteiger charge is 2.61. The molecular formula is C18H22O8. The van der Waals surface area contributed by atoms with Gasteiger partial charge in [-0.1, -0.05) is 13.8 Å². The van der Waals surface area contributed by atoms with Crippen molar-refractivity contribution in [1.82, 2.24) is 0 Å². The van der Waals surface area contributed by atoms with Crippen LogP contribution in [0.25, 0.3) is 0 Å². The normalized spacial score (nSPS) is 25.9. The van der Waals surface area contributed by atoms with Crippen molar-refractivity contribution in [2.45, 2.75) is 39.7 Å². The lowest BCUT2D eigenvalue weighted by Crippen LogP contribution is -2.55. The van der Waals surface area contributed by atoms with Crippen molar-refractivity contribution in [3.8, 4) is 0 Å². The summed E-state index contributed by atoms with van der Waals surface area (Å²) in [6.07, 6.45) is 1.62. The fourth-order valence-corrected chi connectivity index (χ4v) is 3.94. The molecule has 3 aliphatic rings. The van der Waals surface area contributed by atoms with Gasteiger partial charge in [0, 0.05) is 26.3 Å². The molecule has 0 saturated heterocycles. The molecule has 0 saturated carbocycles. The number of esters is 4. The summed E-state index contributed by atoms with van der Waals surface area (Å²) < 4.78 is 20.5. The third-order valence-electron chi connectivity index (χ3n) is 4.52. The molecule has 0 N–H and O–H groups in total. The number of ether oxygens (including phenoxy) is 4. The van der Waals surface area contributed by atoms with Crippen LogP contribution in [0, 0.1) is 11.3 Å². The lowest BCUT2D eigenvalue weighted by Gasteiger charge is -2.52. The van der Waals surface area contributed by atoms with E-state index in [9.17, 15) is 19.2 Å². The lowest BCUT2D eigenvalue weighted by atomic mass is 9.55. The predicted octanol–water partition coefficient (Wildman–Crippen LogP) is 1.44. The van der Waals surface area contributed by atoms with Gasteiger partial charge in [0.05, 0.1) is 31.3 Å². The molecule has 0 aromatic heterocycles. The van der Waals surface area contributed by atoms with E-state index in [1.54, 1.807) is 0 Å². The van der Waals surface area contributed by atoms with Gasteiger partial charge in [0.15, 0.2) is 5.60 Å². The molecule has 8 heteroatoms. The van der Waals surface area contributed by atoms with Gasteiger partial charge in [-0.3, -0.25) is 9.59 Å². The Kier molecular flexibility index (Phi) is 4.98. The topological polar surface area (TPSA) is 105 Å². The molecule has 142 valence electrons. The van der Waals surface area contributed by atoms with E-state index in [-0.39, 0.29) is 23.3 Å². The van der Waals surface area contributed by atoms with Crippen LogP contribution in [0.2, 0.25) is 0 Å². The molecule has 8 nitrogen and oxygen atoms in total. The first-order valence-corrected chi connectivity index (χ1v) is 8.01. The second-order valence-corrected chi connectivity index (χ2v) is 6.99. The summed E-state index contributed by atoms with van der Waals surface area (Å²) in [5, 5.41) is 0. The third kappa shape index (κ3) is 3.11. The quantitative estimate of drug-likeness (QED) is 0.544. The number of methoxy groups -OCH3 is 2. The van der Waals surface area contributed by atoms with E-state index in [0.717, 1.165) is 7.11 Å². The number of carbonyl (C=O) groups is 4. The van der Waals surface area contributed by atoms with E-state index in [2.05, 4.69) is 0 Å². The van der Waals surface area contributed by atoms with Gasteiger partial charge in [-0.25, -0.2) is 9.59 Å². The first kappa shape index (κ1) is 19.7. The predicted molar refractivity (Wildman–Crippen MR) is 87.3 cm³/mol. The monoisotopic (exact) mass is 366 g/mol. The fraction of sp³-hybridized carbons (Fsp3) is 0.556. The number of rotatable bonds is 4. The van der Waals surface area contributed by atoms with Crippen LogP contribution in [0.4, 0.5) is 0 Å². The maximum absolute atomic E-state index is 12.5. The molecule has 0 amide bonds. The maximum atomic E-state index is 12.5. The molecular weight excluding hydrogens is 344 g/mol. The van der Waals surface area contributed by atoms with E-state index < -0.39 is 40.8 Å². The molecule has 0 heterocycles. The Morgan fingerprint density at radius 3 is 2.04 bits per heavy atom. The van der Waals surface area contributed by atoms with Gasteiger partial charge in [-0.2, -0.15) is 0 Å². The Morgan fingerprint density at radius 1 is 1.00 bits per heavy atom. The van der Waals surface area contributed by atoms with Crippen molar-refractivity contribution in [1.29, 1.82) is 0 Å². The molecule has 2 bridgehead atoms. The van der Waals surface area contributed by atoms with Gasteiger partial charge in [0.25, 0.3) is 0 Å². The standard InChI is InChI=1S/C18H22O8/c1-9(19)25-11-7-18(26-10(2)20)8-17(3,4)13(11)12(15(21)23-5)14(18)16(22)24-6/h7,13H,8H2,1-6H3.